The van der Waals surface area contributed by atoms with Gasteiger partial charge in [0, 0.05) is 43.6 Å². The molecular weight excluding hydrogens is 416 g/mol. The highest BCUT2D eigenvalue weighted by Crippen LogP contribution is 2.27. The van der Waals surface area contributed by atoms with Gasteiger partial charge in [-0.3, -0.25) is 14.7 Å². The fourth-order valence-corrected chi connectivity index (χ4v) is 4.16. The van der Waals surface area contributed by atoms with Crippen molar-refractivity contribution in [2.24, 2.45) is 0 Å². The highest BCUT2D eigenvalue weighted by molar-refractivity contribution is 5.78. The topological polar surface area (TPSA) is 83.5 Å². The maximum absolute atomic E-state index is 13.0. The summed E-state index contributed by atoms with van der Waals surface area (Å²) in [6.07, 6.45) is 6.93. The van der Waals surface area contributed by atoms with Crippen LogP contribution in [-0.4, -0.2) is 64.5 Å². The minimum Gasteiger partial charge on any atom is -0.497 e. The van der Waals surface area contributed by atoms with Crippen molar-refractivity contribution in [2.75, 3.05) is 39.1 Å². The van der Waals surface area contributed by atoms with E-state index >= 15 is 0 Å². The van der Waals surface area contributed by atoms with Crippen molar-refractivity contribution in [1.82, 2.24) is 24.8 Å². The Hall–Kier alpha value is -3.52. The van der Waals surface area contributed by atoms with E-state index in [2.05, 4.69) is 15.3 Å². The molecule has 0 aliphatic carbocycles. The van der Waals surface area contributed by atoms with Crippen LogP contribution in [-0.2, 0) is 11.3 Å². The molecule has 1 aliphatic rings. The van der Waals surface area contributed by atoms with Gasteiger partial charge in [0.2, 0.25) is 5.91 Å². The smallest absolute Gasteiger partial charge is 0.236 e. The van der Waals surface area contributed by atoms with Gasteiger partial charge >= 0.3 is 0 Å². The first-order chi connectivity index (χ1) is 16.1. The number of methoxy groups -OCH3 is 1. The number of ether oxygens (including phenoxy) is 1. The molecule has 0 saturated carbocycles. The molecule has 1 aromatic carbocycles. The summed E-state index contributed by atoms with van der Waals surface area (Å²) >= 11 is 0. The van der Waals surface area contributed by atoms with E-state index in [0.717, 1.165) is 42.2 Å². The van der Waals surface area contributed by atoms with E-state index in [1.807, 2.05) is 59.3 Å². The van der Waals surface area contributed by atoms with Crippen LogP contribution in [0.3, 0.4) is 0 Å². The lowest BCUT2D eigenvalue weighted by Gasteiger charge is -2.33. The van der Waals surface area contributed by atoms with E-state index in [0.29, 0.717) is 25.5 Å². The maximum atomic E-state index is 13.0. The van der Waals surface area contributed by atoms with Gasteiger partial charge in [0.1, 0.15) is 17.4 Å². The summed E-state index contributed by atoms with van der Waals surface area (Å²) in [4.78, 5) is 30.1. The summed E-state index contributed by atoms with van der Waals surface area (Å²) in [5, 5.41) is 3.19. The second-order valence-electron chi connectivity index (χ2n) is 8.37. The third-order valence-corrected chi connectivity index (χ3v) is 5.77. The third-order valence-electron chi connectivity index (χ3n) is 5.77. The Labute approximate surface area is 194 Å². The molecule has 172 valence electrons. The highest BCUT2D eigenvalue weighted by atomic mass is 16.5. The van der Waals surface area contributed by atoms with E-state index in [-0.39, 0.29) is 11.8 Å². The van der Waals surface area contributed by atoms with Crippen LogP contribution in [0.2, 0.25) is 0 Å². The van der Waals surface area contributed by atoms with E-state index in [9.17, 15) is 4.79 Å². The molecule has 2 aromatic heterocycles. The number of likely N-dealkylation sites (N-methyl/N-ethyl adjacent to an activating group) is 1. The standard InChI is InChI=1S/C25H30N6O2/c1-30(16-19-6-3-8-21(14-19)33-2)18-25(32)31-13-5-7-20(17-31)22-9-4-10-23(28-22)29-24-15-26-11-12-27-24/h3-4,6,8-12,14-15,20H,5,7,13,16-18H2,1-2H3,(H,27,28,29)/t20-/m0/s1. The molecular formula is C25H30N6O2. The van der Waals surface area contributed by atoms with E-state index in [1.165, 1.54) is 0 Å². The van der Waals surface area contributed by atoms with Crippen LogP contribution in [0.5, 0.6) is 5.75 Å². The Bertz CT molecular complexity index is 1060. The number of carbonyl (C=O) groups excluding carboxylic acids is 1. The first-order valence-corrected chi connectivity index (χ1v) is 11.2. The van der Waals surface area contributed by atoms with Crippen LogP contribution < -0.4 is 10.1 Å². The molecule has 3 heterocycles. The first kappa shape index (κ1) is 22.7. The minimum atomic E-state index is 0.152. The summed E-state index contributed by atoms with van der Waals surface area (Å²) in [6.45, 7) is 2.55. The van der Waals surface area contributed by atoms with E-state index in [1.54, 1.807) is 25.7 Å². The largest absolute Gasteiger partial charge is 0.497 e. The average Bonchev–Trinajstić information content (AvgIpc) is 2.85. The summed E-state index contributed by atoms with van der Waals surface area (Å²) in [5.74, 6) is 2.58. The van der Waals surface area contributed by atoms with Crippen molar-refractivity contribution in [3.05, 3.63) is 72.3 Å². The normalized spacial score (nSPS) is 16.0. The number of pyridine rings is 1. The summed E-state index contributed by atoms with van der Waals surface area (Å²) in [6, 6.07) is 13.9. The number of piperidine rings is 1. The van der Waals surface area contributed by atoms with Crippen LogP contribution in [0.1, 0.15) is 30.0 Å². The monoisotopic (exact) mass is 446 g/mol. The second kappa shape index (κ2) is 10.9. The summed E-state index contributed by atoms with van der Waals surface area (Å²) in [5.41, 5.74) is 2.11. The summed E-state index contributed by atoms with van der Waals surface area (Å²) < 4.78 is 5.30. The van der Waals surface area contributed by atoms with Gasteiger partial charge in [0.15, 0.2) is 0 Å². The number of rotatable bonds is 8. The molecule has 1 fully saturated rings. The van der Waals surface area contributed by atoms with Crippen molar-refractivity contribution >= 4 is 17.5 Å². The van der Waals surface area contributed by atoms with E-state index in [4.69, 9.17) is 9.72 Å². The molecule has 4 rings (SSSR count). The van der Waals surface area contributed by atoms with Crippen LogP contribution in [0.4, 0.5) is 11.6 Å². The van der Waals surface area contributed by atoms with Crippen LogP contribution >= 0.6 is 0 Å². The zero-order valence-corrected chi connectivity index (χ0v) is 19.1. The Morgan fingerprint density at radius 3 is 2.91 bits per heavy atom. The number of nitrogens with zero attached hydrogens (tertiary/aromatic N) is 5. The molecule has 3 aromatic rings. The molecule has 0 radical (unpaired) electrons. The number of benzene rings is 1. The Kier molecular flexibility index (Phi) is 7.47. The van der Waals surface area contributed by atoms with Gasteiger partial charge in [-0.05, 0) is 49.7 Å². The molecule has 8 heteroatoms. The highest BCUT2D eigenvalue weighted by Gasteiger charge is 2.26. The van der Waals surface area contributed by atoms with Crippen LogP contribution in [0.15, 0.2) is 61.1 Å². The molecule has 0 bridgehead atoms. The molecule has 8 nitrogen and oxygen atoms in total. The molecule has 1 atom stereocenters. The third kappa shape index (κ3) is 6.26. The number of anilines is 2. The van der Waals surface area contributed by atoms with Crippen LogP contribution in [0.25, 0.3) is 0 Å². The fourth-order valence-electron chi connectivity index (χ4n) is 4.16. The van der Waals surface area contributed by atoms with Crippen LogP contribution in [0, 0.1) is 0 Å². The minimum absolute atomic E-state index is 0.152. The SMILES string of the molecule is COc1cccc(CN(C)CC(=O)N2CCC[C@H](c3cccc(Nc4cnccn4)n3)C2)c1. The van der Waals surface area contributed by atoms with Gasteiger partial charge in [-0.15, -0.1) is 0 Å². The number of hydrogen-bond acceptors (Lipinski definition) is 7. The number of aromatic nitrogens is 3. The number of carbonyl (C=O) groups is 1. The lowest BCUT2D eigenvalue weighted by atomic mass is 9.94. The van der Waals surface area contributed by atoms with Gasteiger partial charge in [0.05, 0.1) is 19.9 Å². The van der Waals surface area contributed by atoms with E-state index < -0.39 is 0 Å². The maximum Gasteiger partial charge on any atom is 0.236 e. The second-order valence-corrected chi connectivity index (χ2v) is 8.37. The number of likely N-dealkylation sites (tertiary alicyclic amines) is 1. The number of hydrogen-bond donors (Lipinski definition) is 1. The Balaban J connectivity index is 1.35. The zero-order valence-electron chi connectivity index (χ0n) is 19.1. The molecule has 1 N–H and O–H groups in total. The quantitative estimate of drug-likeness (QED) is 0.567. The molecule has 33 heavy (non-hydrogen) atoms. The van der Waals surface area contributed by atoms with Crippen molar-refractivity contribution < 1.29 is 9.53 Å². The predicted octanol–water partition coefficient (Wildman–Crippen LogP) is 3.46. The molecule has 1 saturated heterocycles. The fraction of sp³-hybridized carbons (Fsp3) is 0.360. The van der Waals surface area contributed by atoms with Gasteiger partial charge in [0.25, 0.3) is 0 Å². The summed E-state index contributed by atoms with van der Waals surface area (Å²) in [7, 11) is 3.64. The zero-order chi connectivity index (χ0) is 23.0. The lowest BCUT2D eigenvalue weighted by Crippen LogP contribution is -2.43. The van der Waals surface area contributed by atoms with Gasteiger partial charge in [-0.25, -0.2) is 9.97 Å². The average molecular weight is 447 g/mol. The predicted molar refractivity (Wildman–Crippen MR) is 127 cm³/mol. The first-order valence-electron chi connectivity index (χ1n) is 11.2. The van der Waals surface area contributed by atoms with Gasteiger partial charge in [-0.1, -0.05) is 18.2 Å². The van der Waals surface area contributed by atoms with Crippen molar-refractivity contribution in [3.63, 3.8) is 0 Å². The molecule has 0 unspecified atom stereocenters. The van der Waals surface area contributed by atoms with Gasteiger partial charge < -0.3 is 15.0 Å². The number of amides is 1. The van der Waals surface area contributed by atoms with Gasteiger partial charge in [-0.2, -0.15) is 0 Å². The molecule has 1 amide bonds. The lowest BCUT2D eigenvalue weighted by molar-refractivity contribution is -0.133. The Morgan fingerprint density at radius 1 is 1.21 bits per heavy atom. The van der Waals surface area contributed by atoms with Crippen molar-refractivity contribution in [3.8, 4) is 5.75 Å². The number of nitrogens with one attached hydrogen (secondary N) is 1. The van der Waals surface area contributed by atoms with Crippen molar-refractivity contribution in [1.29, 1.82) is 0 Å². The molecule has 0 spiro atoms. The Morgan fingerprint density at radius 2 is 2.09 bits per heavy atom. The van der Waals surface area contributed by atoms with Crippen molar-refractivity contribution in [2.45, 2.75) is 25.3 Å². The molecule has 1 aliphatic heterocycles.